The van der Waals surface area contributed by atoms with E-state index in [9.17, 15) is 9.59 Å². The number of aromatic amines is 1. The van der Waals surface area contributed by atoms with Gasteiger partial charge in [-0.05, 0) is 82.6 Å². The molecule has 8 heteroatoms. The number of aromatic nitrogens is 2. The Kier molecular flexibility index (Phi) is 9.69. The molecule has 0 saturated heterocycles. The number of hydrogen-bond acceptors (Lipinski definition) is 6. The van der Waals surface area contributed by atoms with Gasteiger partial charge in [0.25, 0.3) is 11.1 Å². The summed E-state index contributed by atoms with van der Waals surface area (Å²) in [6.45, 7) is 3.32. The molecule has 1 aliphatic heterocycles. The van der Waals surface area contributed by atoms with Gasteiger partial charge in [-0.2, -0.15) is 0 Å². The van der Waals surface area contributed by atoms with Crippen molar-refractivity contribution >= 4 is 12.2 Å². The number of benzene rings is 4. The van der Waals surface area contributed by atoms with E-state index < -0.39 is 0 Å². The summed E-state index contributed by atoms with van der Waals surface area (Å²) in [5.74, 6) is 2.25. The molecule has 47 heavy (non-hydrogen) atoms. The molecule has 1 aromatic heterocycles. The van der Waals surface area contributed by atoms with Gasteiger partial charge in [-0.25, -0.2) is 0 Å². The fourth-order valence-corrected chi connectivity index (χ4v) is 5.90. The lowest BCUT2D eigenvalue weighted by molar-refractivity contribution is 0.255. The van der Waals surface area contributed by atoms with Crippen molar-refractivity contribution in [2.24, 2.45) is 7.05 Å². The molecule has 0 spiro atoms. The van der Waals surface area contributed by atoms with Crippen molar-refractivity contribution in [1.82, 2.24) is 14.5 Å². The Balaban J connectivity index is 1.07. The molecular formula is C39H39N3O5. The first-order chi connectivity index (χ1) is 22.9. The van der Waals surface area contributed by atoms with E-state index in [1.165, 1.54) is 21.3 Å². The average Bonchev–Trinajstić information content (AvgIpc) is 3.11. The molecule has 5 aromatic rings. The van der Waals surface area contributed by atoms with Crippen LogP contribution >= 0.6 is 0 Å². The van der Waals surface area contributed by atoms with Crippen LogP contribution in [-0.2, 0) is 33.0 Å². The molecule has 0 amide bonds. The Morgan fingerprint density at radius 1 is 0.787 bits per heavy atom. The van der Waals surface area contributed by atoms with E-state index in [4.69, 9.17) is 14.2 Å². The topological polar surface area (TPSA) is 85.8 Å². The Hall–Kier alpha value is -5.34. The minimum atomic E-state index is -0.332. The normalized spacial score (nSPS) is 13.8. The molecule has 0 aliphatic carbocycles. The molecule has 0 saturated carbocycles. The maximum Gasteiger partial charge on any atom is 0.274 e. The van der Waals surface area contributed by atoms with Gasteiger partial charge in [0.05, 0.1) is 14.2 Å². The predicted molar refractivity (Wildman–Crippen MR) is 185 cm³/mol. The van der Waals surface area contributed by atoms with E-state index in [0.717, 1.165) is 60.7 Å². The average molecular weight is 630 g/mol. The van der Waals surface area contributed by atoms with E-state index in [-0.39, 0.29) is 16.5 Å². The van der Waals surface area contributed by atoms with Crippen LogP contribution in [0.15, 0.2) is 101 Å². The van der Waals surface area contributed by atoms with Crippen molar-refractivity contribution in [3.05, 3.63) is 156 Å². The molecule has 4 aromatic carbocycles. The first-order valence-corrected chi connectivity index (χ1v) is 15.7. The minimum absolute atomic E-state index is 0.212. The Morgan fingerprint density at radius 3 is 2.23 bits per heavy atom. The smallest absolute Gasteiger partial charge is 0.274 e. The zero-order valence-corrected chi connectivity index (χ0v) is 27.0. The van der Waals surface area contributed by atoms with Crippen LogP contribution in [0.2, 0.25) is 0 Å². The summed E-state index contributed by atoms with van der Waals surface area (Å²) in [4.78, 5) is 31.2. The summed E-state index contributed by atoms with van der Waals surface area (Å²) in [5, 5.41) is 0.505. The third-order valence-corrected chi connectivity index (χ3v) is 8.59. The number of fused-ring (bicyclic) bond motifs is 1. The molecule has 2 heterocycles. The third-order valence-electron chi connectivity index (χ3n) is 8.59. The van der Waals surface area contributed by atoms with Gasteiger partial charge >= 0.3 is 0 Å². The quantitative estimate of drug-likeness (QED) is 0.252. The van der Waals surface area contributed by atoms with Crippen LogP contribution in [0.1, 0.15) is 33.4 Å². The number of H-pyrrole nitrogens is 1. The largest absolute Gasteiger partial charge is 0.493 e. The van der Waals surface area contributed by atoms with E-state index >= 15 is 0 Å². The highest BCUT2D eigenvalue weighted by Crippen LogP contribution is 2.33. The van der Waals surface area contributed by atoms with Crippen LogP contribution in [0.5, 0.6) is 17.2 Å². The van der Waals surface area contributed by atoms with Gasteiger partial charge in [0, 0.05) is 26.7 Å². The predicted octanol–water partition coefficient (Wildman–Crippen LogP) is 3.93. The van der Waals surface area contributed by atoms with E-state index in [2.05, 4.69) is 46.3 Å². The molecule has 0 bridgehead atoms. The van der Waals surface area contributed by atoms with Crippen LogP contribution in [0.3, 0.4) is 0 Å². The van der Waals surface area contributed by atoms with Crippen LogP contribution in [0.4, 0.5) is 0 Å². The number of nitrogens with one attached hydrogen (secondary N) is 1. The zero-order valence-electron chi connectivity index (χ0n) is 27.0. The van der Waals surface area contributed by atoms with Gasteiger partial charge in [-0.3, -0.25) is 14.5 Å². The fourth-order valence-electron chi connectivity index (χ4n) is 5.90. The summed E-state index contributed by atoms with van der Waals surface area (Å²) in [6.07, 6.45) is 5.34. The molecule has 1 aliphatic rings. The minimum Gasteiger partial charge on any atom is -0.493 e. The first kappa shape index (κ1) is 31.6. The van der Waals surface area contributed by atoms with Crippen LogP contribution < -0.4 is 36.0 Å². The summed E-state index contributed by atoms with van der Waals surface area (Å²) in [5.41, 5.74) is 5.96. The van der Waals surface area contributed by atoms with Crippen molar-refractivity contribution in [1.29, 1.82) is 0 Å². The molecule has 8 nitrogen and oxygen atoms in total. The second kappa shape index (κ2) is 14.4. The third kappa shape index (κ3) is 7.56. The van der Waals surface area contributed by atoms with Crippen molar-refractivity contribution in [3.8, 4) is 17.2 Å². The number of methoxy groups -OCH3 is 2. The molecule has 0 unspecified atom stereocenters. The first-order valence-electron chi connectivity index (χ1n) is 15.7. The zero-order chi connectivity index (χ0) is 32.8. The number of ether oxygens (including phenoxy) is 3. The Labute approximate surface area is 273 Å². The summed E-state index contributed by atoms with van der Waals surface area (Å²) in [6, 6.07) is 29.7. The van der Waals surface area contributed by atoms with Gasteiger partial charge in [-0.1, -0.05) is 66.7 Å². The molecule has 240 valence electrons. The van der Waals surface area contributed by atoms with E-state index in [1.54, 1.807) is 33.4 Å². The summed E-state index contributed by atoms with van der Waals surface area (Å²) < 4.78 is 18.4. The molecule has 6 rings (SSSR count). The second-order valence-electron chi connectivity index (χ2n) is 11.7. The van der Waals surface area contributed by atoms with Gasteiger partial charge in [0.2, 0.25) is 0 Å². The van der Waals surface area contributed by atoms with Crippen molar-refractivity contribution < 1.29 is 14.2 Å². The lowest BCUT2D eigenvalue weighted by Crippen LogP contribution is -2.52. The number of nitrogens with zero attached hydrogens (tertiary/aromatic N) is 2. The van der Waals surface area contributed by atoms with Crippen molar-refractivity contribution in [2.45, 2.75) is 26.0 Å². The van der Waals surface area contributed by atoms with Crippen LogP contribution in [-0.4, -0.2) is 41.8 Å². The van der Waals surface area contributed by atoms with Crippen molar-refractivity contribution in [2.75, 3.05) is 27.3 Å². The summed E-state index contributed by atoms with van der Waals surface area (Å²) >= 11 is 0. The van der Waals surface area contributed by atoms with E-state index in [1.807, 2.05) is 54.6 Å². The number of rotatable bonds is 10. The molecule has 0 radical (unpaired) electrons. The molecular weight excluding hydrogens is 590 g/mol. The Bertz CT molecular complexity index is 2100. The lowest BCUT2D eigenvalue weighted by Gasteiger charge is -2.29. The second-order valence-corrected chi connectivity index (χ2v) is 11.7. The molecule has 0 atom stereocenters. The van der Waals surface area contributed by atoms with Crippen LogP contribution in [0.25, 0.3) is 12.2 Å². The molecule has 1 N–H and O–H groups in total. The maximum atomic E-state index is 13.1. The highest BCUT2D eigenvalue weighted by molar-refractivity contribution is 5.51. The van der Waals surface area contributed by atoms with Gasteiger partial charge in [-0.15, -0.1) is 0 Å². The van der Waals surface area contributed by atoms with E-state index in [0.29, 0.717) is 17.7 Å². The lowest BCUT2D eigenvalue weighted by atomic mass is 9.98. The van der Waals surface area contributed by atoms with Gasteiger partial charge in [0.15, 0.2) is 11.5 Å². The number of hydrogen-bond donors (Lipinski definition) is 1. The standard InChI is InChI=1S/C39H39N3O5/c1-41-35(22-28-8-5-4-6-9-28)38(43)40-34(39(41)44)21-30-10-7-11-33(20-30)47-26-29-14-12-27(13-15-29)16-18-42-19-17-31-23-36(45-2)37(46-3)24-32(31)25-42/h4-15,20-24H,16-19,25-26H2,1-3H3,(H,40,43)/b34-21-,35-22-. The van der Waals surface area contributed by atoms with Crippen LogP contribution in [0, 0.1) is 0 Å². The Morgan fingerprint density at radius 2 is 1.49 bits per heavy atom. The highest BCUT2D eigenvalue weighted by Gasteiger charge is 2.19. The summed E-state index contributed by atoms with van der Waals surface area (Å²) in [7, 11) is 4.96. The highest BCUT2D eigenvalue weighted by atomic mass is 16.5. The fraction of sp³-hybridized carbons (Fsp3) is 0.231. The van der Waals surface area contributed by atoms with Gasteiger partial charge in [0.1, 0.15) is 23.1 Å². The monoisotopic (exact) mass is 629 g/mol. The van der Waals surface area contributed by atoms with Gasteiger partial charge < -0.3 is 23.8 Å². The SMILES string of the molecule is COc1cc2c(cc1OC)CN(CCc1ccc(COc3cccc(/C=c4\[nH]c(=O)/c(=C/c5ccccc5)n(C)c4=O)c3)cc1)CC2. The van der Waals surface area contributed by atoms with Crippen molar-refractivity contribution in [3.63, 3.8) is 0 Å². The maximum absolute atomic E-state index is 13.1. The molecule has 0 fully saturated rings.